The highest BCUT2D eigenvalue weighted by atomic mass is 16.5. The first-order valence-electron chi connectivity index (χ1n) is 10.4. The summed E-state index contributed by atoms with van der Waals surface area (Å²) in [7, 11) is 3.75. The second-order valence-electron chi connectivity index (χ2n) is 7.81. The number of rotatable bonds is 7. The molecular weight excluding hydrogens is 378 g/mol. The van der Waals surface area contributed by atoms with E-state index in [9.17, 15) is 5.11 Å². The Morgan fingerprint density at radius 1 is 1.00 bits per heavy atom. The van der Waals surface area contributed by atoms with Crippen LogP contribution in [0.5, 0.6) is 11.6 Å². The highest BCUT2D eigenvalue weighted by molar-refractivity contribution is 6.00. The van der Waals surface area contributed by atoms with E-state index in [1.807, 2.05) is 42.6 Å². The first kappa shape index (κ1) is 20.6. The number of nitrogens with zero attached hydrogens (tertiary/aromatic N) is 3. The van der Waals surface area contributed by atoms with Crippen LogP contribution in [0.15, 0.2) is 54.7 Å². The van der Waals surface area contributed by atoms with Gasteiger partial charge in [-0.1, -0.05) is 24.3 Å². The van der Waals surface area contributed by atoms with E-state index in [4.69, 9.17) is 9.47 Å². The normalized spacial score (nSPS) is 16.5. The predicted molar refractivity (Wildman–Crippen MR) is 119 cm³/mol. The lowest BCUT2D eigenvalue weighted by molar-refractivity contribution is 0.0509. The summed E-state index contributed by atoms with van der Waals surface area (Å²) in [5.74, 6) is 1.38. The van der Waals surface area contributed by atoms with Crippen molar-refractivity contribution in [3.05, 3.63) is 54.7 Å². The zero-order chi connectivity index (χ0) is 20.9. The van der Waals surface area contributed by atoms with Gasteiger partial charge in [-0.2, -0.15) is 0 Å². The lowest BCUT2D eigenvalue weighted by Crippen LogP contribution is -2.47. The fraction of sp³-hybridized carbons (Fsp3) is 0.375. The molecule has 1 aliphatic heterocycles. The molecule has 0 amide bonds. The molecule has 1 unspecified atom stereocenters. The Hall–Kier alpha value is -2.67. The Balaban J connectivity index is 1.48. The fourth-order valence-corrected chi connectivity index (χ4v) is 3.88. The molecule has 0 saturated carbocycles. The molecule has 1 N–H and O–H groups in total. The zero-order valence-corrected chi connectivity index (χ0v) is 17.6. The van der Waals surface area contributed by atoms with Gasteiger partial charge >= 0.3 is 0 Å². The van der Waals surface area contributed by atoms with E-state index in [1.54, 1.807) is 7.11 Å². The van der Waals surface area contributed by atoms with Crippen LogP contribution in [0.1, 0.15) is 0 Å². The second-order valence-corrected chi connectivity index (χ2v) is 7.81. The van der Waals surface area contributed by atoms with Gasteiger partial charge < -0.3 is 19.5 Å². The number of β-amino-alcohol motifs (C(OH)–C–C–N with tert-alkyl or cyclic N) is 1. The minimum Gasteiger partial charge on any atom is -0.490 e. The molecule has 1 aliphatic rings. The van der Waals surface area contributed by atoms with Gasteiger partial charge in [0, 0.05) is 55.9 Å². The van der Waals surface area contributed by atoms with Crippen molar-refractivity contribution in [2.75, 3.05) is 53.5 Å². The van der Waals surface area contributed by atoms with Crippen molar-refractivity contribution in [1.29, 1.82) is 0 Å². The van der Waals surface area contributed by atoms with Gasteiger partial charge in [-0.15, -0.1) is 0 Å². The van der Waals surface area contributed by atoms with Gasteiger partial charge in [0.05, 0.1) is 7.11 Å². The number of hydrogen-bond donors (Lipinski definition) is 1. The number of aromatic nitrogens is 1. The van der Waals surface area contributed by atoms with E-state index < -0.39 is 6.10 Å². The number of aliphatic hydroxyl groups excluding tert-OH is 1. The largest absolute Gasteiger partial charge is 0.490 e. The van der Waals surface area contributed by atoms with Crippen LogP contribution in [-0.4, -0.2) is 79.5 Å². The third-order valence-electron chi connectivity index (χ3n) is 5.64. The minimum atomic E-state index is -0.516. The molecule has 3 aromatic rings. The van der Waals surface area contributed by atoms with Crippen LogP contribution in [0.2, 0.25) is 0 Å². The maximum Gasteiger partial charge on any atom is 0.212 e. The Labute approximate surface area is 177 Å². The number of methoxy groups -OCH3 is 1. The van der Waals surface area contributed by atoms with Gasteiger partial charge in [-0.3, -0.25) is 4.90 Å². The Kier molecular flexibility index (Phi) is 6.47. The van der Waals surface area contributed by atoms with Crippen molar-refractivity contribution in [2.24, 2.45) is 0 Å². The molecule has 158 valence electrons. The number of pyridine rings is 1. The summed E-state index contributed by atoms with van der Waals surface area (Å²) >= 11 is 0. The number of ether oxygens (including phenoxy) is 2. The van der Waals surface area contributed by atoms with Crippen molar-refractivity contribution in [3.63, 3.8) is 0 Å². The summed E-state index contributed by atoms with van der Waals surface area (Å²) in [6.45, 7) is 4.98. The van der Waals surface area contributed by atoms with Crippen LogP contribution in [0.4, 0.5) is 0 Å². The topological polar surface area (TPSA) is 58.1 Å². The first-order valence-corrected chi connectivity index (χ1v) is 10.4. The lowest BCUT2D eigenvalue weighted by Gasteiger charge is -2.33. The van der Waals surface area contributed by atoms with E-state index in [0.717, 1.165) is 53.8 Å². The molecule has 0 radical (unpaired) electrons. The zero-order valence-electron chi connectivity index (χ0n) is 17.6. The van der Waals surface area contributed by atoms with Crippen molar-refractivity contribution in [3.8, 4) is 22.8 Å². The quantitative estimate of drug-likeness (QED) is 0.650. The number of hydrogen-bond acceptors (Lipinski definition) is 6. The molecule has 2 aromatic carbocycles. The fourth-order valence-electron chi connectivity index (χ4n) is 3.88. The van der Waals surface area contributed by atoms with Crippen LogP contribution < -0.4 is 9.47 Å². The monoisotopic (exact) mass is 407 g/mol. The van der Waals surface area contributed by atoms with Crippen molar-refractivity contribution < 1.29 is 14.6 Å². The molecule has 6 heteroatoms. The molecule has 1 aromatic heterocycles. The molecule has 6 nitrogen and oxygen atoms in total. The Morgan fingerprint density at radius 3 is 2.47 bits per heavy atom. The maximum absolute atomic E-state index is 10.5. The maximum atomic E-state index is 10.5. The standard InChI is InChI=1S/C24H29N3O3/c1-26-11-13-27(14-12-26)16-19(28)17-30-23-9-8-20(21-5-3-4-6-22(21)23)18-7-10-24(29-2)25-15-18/h3-10,15,19,28H,11-14,16-17H2,1-2H3. The van der Waals surface area contributed by atoms with Gasteiger partial charge in [0.15, 0.2) is 0 Å². The minimum absolute atomic E-state index is 0.278. The molecule has 4 rings (SSSR count). The highest BCUT2D eigenvalue weighted by Crippen LogP contribution is 2.34. The first-order chi connectivity index (χ1) is 14.6. The second kappa shape index (κ2) is 9.43. The van der Waals surface area contributed by atoms with Crippen molar-refractivity contribution in [2.45, 2.75) is 6.10 Å². The van der Waals surface area contributed by atoms with Crippen LogP contribution in [0, 0.1) is 0 Å². The number of piperazine rings is 1. The summed E-state index contributed by atoms with van der Waals surface area (Å²) in [5, 5.41) is 12.6. The van der Waals surface area contributed by atoms with E-state index in [2.05, 4.69) is 34.0 Å². The third kappa shape index (κ3) is 4.73. The summed E-state index contributed by atoms with van der Waals surface area (Å²) < 4.78 is 11.2. The summed E-state index contributed by atoms with van der Waals surface area (Å²) in [5.41, 5.74) is 2.11. The molecule has 1 saturated heterocycles. The van der Waals surface area contributed by atoms with Crippen LogP contribution >= 0.6 is 0 Å². The molecule has 30 heavy (non-hydrogen) atoms. The third-order valence-corrected chi connectivity index (χ3v) is 5.64. The SMILES string of the molecule is COc1ccc(-c2ccc(OCC(O)CN3CCN(C)CC3)c3ccccc23)cn1. The Bertz CT molecular complexity index is 969. The number of likely N-dealkylation sites (N-methyl/N-ethyl adjacent to an activating group) is 1. The highest BCUT2D eigenvalue weighted by Gasteiger charge is 2.18. The molecule has 1 fully saturated rings. The average Bonchev–Trinajstić information content (AvgIpc) is 2.79. The van der Waals surface area contributed by atoms with Gasteiger partial charge in [-0.25, -0.2) is 4.98 Å². The molecule has 0 aliphatic carbocycles. The van der Waals surface area contributed by atoms with Crippen molar-refractivity contribution >= 4 is 10.8 Å². The van der Waals surface area contributed by atoms with Crippen LogP contribution in [0.3, 0.4) is 0 Å². The van der Waals surface area contributed by atoms with Gasteiger partial charge in [0.1, 0.15) is 18.5 Å². The average molecular weight is 408 g/mol. The van der Waals surface area contributed by atoms with E-state index >= 15 is 0 Å². The smallest absolute Gasteiger partial charge is 0.212 e. The molecule has 1 atom stereocenters. The van der Waals surface area contributed by atoms with Crippen LogP contribution in [0.25, 0.3) is 21.9 Å². The molecule has 0 bridgehead atoms. The number of aliphatic hydroxyl groups is 1. The summed E-state index contributed by atoms with van der Waals surface area (Å²) in [6, 6.07) is 16.1. The van der Waals surface area contributed by atoms with E-state index in [-0.39, 0.29) is 6.61 Å². The molecule has 0 spiro atoms. The van der Waals surface area contributed by atoms with Gasteiger partial charge in [0.25, 0.3) is 0 Å². The molecular formula is C24H29N3O3. The number of benzene rings is 2. The Morgan fingerprint density at radius 2 is 1.77 bits per heavy atom. The van der Waals surface area contributed by atoms with E-state index in [1.165, 1.54) is 0 Å². The van der Waals surface area contributed by atoms with Crippen molar-refractivity contribution in [1.82, 2.24) is 14.8 Å². The van der Waals surface area contributed by atoms with Crippen LogP contribution in [-0.2, 0) is 0 Å². The number of fused-ring (bicyclic) bond motifs is 1. The predicted octanol–water partition coefficient (Wildman–Crippen LogP) is 2.90. The molecule has 2 heterocycles. The van der Waals surface area contributed by atoms with E-state index in [0.29, 0.717) is 12.4 Å². The summed E-state index contributed by atoms with van der Waals surface area (Å²) in [4.78, 5) is 8.94. The summed E-state index contributed by atoms with van der Waals surface area (Å²) in [6.07, 6.45) is 1.30. The van der Waals surface area contributed by atoms with Gasteiger partial charge in [0.2, 0.25) is 5.88 Å². The lowest BCUT2D eigenvalue weighted by atomic mass is 9.99. The van der Waals surface area contributed by atoms with Gasteiger partial charge in [-0.05, 0) is 36.2 Å².